The van der Waals surface area contributed by atoms with E-state index in [9.17, 15) is 0 Å². The molecule has 48 heteroatoms. The molecule has 0 saturated carbocycles. The van der Waals surface area contributed by atoms with E-state index in [1.807, 2.05) is 14.0 Å². The highest BCUT2D eigenvalue weighted by molar-refractivity contribution is 5.72. The number of hydrogen-bond donors (Lipinski definition) is 25. The van der Waals surface area contributed by atoms with Crippen molar-refractivity contribution < 1.29 is 42.6 Å². The molecule has 0 aliphatic rings. The average molecular weight is 1600 g/mol. The third-order valence-electron chi connectivity index (χ3n) is 14.0. The van der Waals surface area contributed by atoms with E-state index in [4.69, 9.17) is 123 Å². The Labute approximate surface area is 660 Å². The topological polar surface area (TPSA) is 760 Å². The van der Waals surface area contributed by atoms with Gasteiger partial charge in [-0.05, 0) is 78.2 Å². The van der Waals surface area contributed by atoms with Gasteiger partial charge < -0.3 is 171 Å². The molecule has 48 nitrogen and oxygen atoms in total. The second kappa shape index (κ2) is 58.7. The number of nitrogens with one attached hydrogen (secondary N) is 11. The zero-order valence-corrected chi connectivity index (χ0v) is 67.8. The third-order valence-corrected chi connectivity index (χ3v) is 14.0. The molecule has 0 radical (unpaired) electrons. The Morgan fingerprint density at radius 3 is 0.743 bits per heavy atom. The normalized spacial score (nSPS) is 10.1. The fourth-order valence-corrected chi connectivity index (χ4v) is 8.33. The van der Waals surface area contributed by atoms with Crippen LogP contribution < -0.4 is 172 Å². The molecular weight excluding hydrogens is 1470 g/mol. The average Bonchev–Trinajstić information content (AvgIpc) is 0.899. The highest BCUT2D eigenvalue weighted by atomic mass is 16.5. The molecule has 39 N–H and O–H groups in total. The zero-order chi connectivity index (χ0) is 84.5. The fourth-order valence-electron chi connectivity index (χ4n) is 8.33. The van der Waals surface area contributed by atoms with Crippen LogP contribution >= 0.6 is 0 Å². The maximum Gasteiger partial charge on any atom is 0.245 e. The van der Waals surface area contributed by atoms with E-state index in [-0.39, 0.29) is 60.1 Å². The summed E-state index contributed by atoms with van der Waals surface area (Å²) in [6, 6.07) is 0. The molecule has 7 aromatic heterocycles. The molecule has 0 saturated heterocycles. The van der Waals surface area contributed by atoms with Crippen molar-refractivity contribution in [2.75, 3.05) is 274 Å². The number of methoxy groups -OCH3 is 2. The van der Waals surface area contributed by atoms with E-state index < -0.39 is 0 Å². The van der Waals surface area contributed by atoms with Crippen LogP contribution in [0.2, 0.25) is 0 Å². The van der Waals surface area contributed by atoms with Crippen molar-refractivity contribution in [3.05, 3.63) is 0 Å². The molecule has 7 rings (SSSR count). The number of nitrogens with zero attached hydrogens (tertiary/aromatic N) is 14. The quantitative estimate of drug-likeness (QED) is 0.0190. The summed E-state index contributed by atoms with van der Waals surface area (Å²) in [5.41, 5.74) is 81.8. The van der Waals surface area contributed by atoms with Gasteiger partial charge in [-0.25, -0.2) is 0 Å². The van der Waals surface area contributed by atoms with Crippen LogP contribution in [0.3, 0.4) is 0 Å². The molecule has 0 spiro atoms. The largest absolute Gasteiger partial charge is 0.476 e. The van der Waals surface area contributed by atoms with Crippen LogP contribution in [0.1, 0.15) is 91.9 Å². The van der Waals surface area contributed by atoms with Crippen molar-refractivity contribution in [1.82, 2.24) is 91.0 Å². The number of hydrogen-bond acceptors (Lipinski definition) is 48. The predicted octanol–water partition coefficient (Wildman–Crippen LogP) is 1.56. The molecule has 7 aromatic rings. The molecule has 0 atom stereocenters. The Bertz CT molecular complexity index is 3530. The maximum absolute atomic E-state index is 5.84. The van der Waals surface area contributed by atoms with Gasteiger partial charge in [0.2, 0.25) is 82.8 Å². The lowest BCUT2D eigenvalue weighted by atomic mass is 10.2. The molecule has 113 heavy (non-hydrogen) atoms. The lowest BCUT2D eigenvalue weighted by Gasteiger charge is -2.11. The third kappa shape index (κ3) is 38.8. The van der Waals surface area contributed by atoms with E-state index in [0.717, 1.165) is 97.0 Å². The first-order valence-corrected chi connectivity index (χ1v) is 36.2. The van der Waals surface area contributed by atoms with Crippen molar-refractivity contribution in [2.24, 2.45) is 0 Å². The first kappa shape index (κ1) is 98.7. The van der Waals surface area contributed by atoms with Crippen molar-refractivity contribution in [1.29, 1.82) is 0 Å². The van der Waals surface area contributed by atoms with Crippen molar-refractivity contribution >= 4 is 122 Å². The van der Waals surface area contributed by atoms with Crippen LogP contribution in [-0.2, 0) is 9.47 Å². The predicted molar refractivity (Wildman–Crippen MR) is 452 cm³/mol. The van der Waals surface area contributed by atoms with Crippen LogP contribution in [0.25, 0.3) is 0 Å². The van der Waals surface area contributed by atoms with E-state index in [2.05, 4.69) is 149 Å². The SMILES string of the molecule is CCCCCOc1nc(N)nc(NC)c1N.CCCCOc1nc(N)nc(NC)c1N.CCNCCCOc1nc(N)nc(NC)c1N.CCNCOc1nc(N)nc(NC)c1N.CNCCCOc1nc(N)nc(NC)c1N.CNc1nc(N)nc(OCCCCCOC)c1N.CNc1nc(N)nc(OCNCOC)c1N. The number of rotatable bonds is 43. The summed E-state index contributed by atoms with van der Waals surface area (Å²) >= 11 is 0. The number of anilines is 21. The molecule has 636 valence electrons. The summed E-state index contributed by atoms with van der Waals surface area (Å²) in [4.78, 5) is 55.1. The molecule has 0 unspecified atom stereocenters. The number of unbranched alkanes of at least 4 members (excludes halogenated alkanes) is 5. The molecule has 0 aromatic carbocycles. The van der Waals surface area contributed by atoms with E-state index >= 15 is 0 Å². The molecule has 0 bridgehead atoms. The van der Waals surface area contributed by atoms with Gasteiger partial charge in [-0.3, -0.25) is 10.6 Å². The Morgan fingerprint density at radius 1 is 0.239 bits per heavy atom. The van der Waals surface area contributed by atoms with Gasteiger partial charge in [0, 0.05) is 70.2 Å². The summed E-state index contributed by atoms with van der Waals surface area (Å²) in [5, 5.41) is 31.8. The van der Waals surface area contributed by atoms with Gasteiger partial charge in [-0.15, -0.1) is 0 Å². The zero-order valence-electron chi connectivity index (χ0n) is 67.8. The lowest BCUT2D eigenvalue weighted by Crippen LogP contribution is -2.23. The van der Waals surface area contributed by atoms with Crippen LogP contribution in [-0.4, -0.2) is 226 Å². The first-order chi connectivity index (χ1) is 54.3. The number of nitrogens with two attached hydrogens (primary N) is 14. The molecule has 0 aliphatic heterocycles. The molecule has 7 heterocycles. The smallest absolute Gasteiger partial charge is 0.245 e. The highest BCUT2D eigenvalue weighted by Crippen LogP contribution is 2.32. The second-order valence-corrected chi connectivity index (χ2v) is 22.7. The lowest BCUT2D eigenvalue weighted by molar-refractivity contribution is 0.143. The van der Waals surface area contributed by atoms with Gasteiger partial charge in [0.25, 0.3) is 0 Å². The second-order valence-electron chi connectivity index (χ2n) is 22.7. The Morgan fingerprint density at radius 2 is 0.487 bits per heavy atom. The van der Waals surface area contributed by atoms with Gasteiger partial charge in [-0.1, -0.05) is 47.0 Å². The first-order valence-electron chi connectivity index (χ1n) is 36.2. The molecule has 0 fully saturated rings. The van der Waals surface area contributed by atoms with Crippen LogP contribution in [0, 0.1) is 0 Å². The minimum atomic E-state index is 0.0975. The summed E-state index contributed by atoms with van der Waals surface area (Å²) in [7, 11) is 17.1. The summed E-state index contributed by atoms with van der Waals surface area (Å²) < 4.78 is 47.6. The number of ether oxygens (including phenoxy) is 9. The van der Waals surface area contributed by atoms with E-state index in [0.29, 0.717) is 156 Å². The molecule has 0 aliphatic carbocycles. The summed E-state index contributed by atoms with van der Waals surface area (Å²) in [6.07, 6.45) is 9.98. The minimum absolute atomic E-state index is 0.0975. The van der Waals surface area contributed by atoms with Crippen molar-refractivity contribution in [3.63, 3.8) is 0 Å². The van der Waals surface area contributed by atoms with Crippen molar-refractivity contribution in [2.45, 2.75) is 91.9 Å². The maximum atomic E-state index is 5.84. The van der Waals surface area contributed by atoms with Crippen LogP contribution in [0.5, 0.6) is 41.2 Å². The summed E-state index contributed by atoms with van der Waals surface area (Å²) in [5.74, 6) is 6.52. The fraction of sp³-hybridized carbons (Fsp3) is 0.569. The van der Waals surface area contributed by atoms with Crippen LogP contribution in [0.15, 0.2) is 0 Å². The Kier molecular flexibility index (Phi) is 51.2. The van der Waals surface area contributed by atoms with Crippen LogP contribution in [0.4, 0.5) is 122 Å². The Hall–Kier alpha value is -12.3. The standard InChI is InChI=1S/C11H21N5O2.C10H20N6O.C10H19N5O.C9H18N6O.C9H17N5O.C8H16N6O2.C8H16N6O/c1-14-9-8(12)10(16-11(13)15-9)18-7-5-3-4-6-17-2;1-3-14-5-4-6-17-9-7(11)8(13-2)15-10(12)16-9;1-3-4-5-6-16-9-7(11)8(13-2)14-10(12)15-9;1-12-4-3-5-16-8-6(10)7(13-2)14-9(11)15-8;1-3-4-5-15-8-6(10)7(12-2)13-9(11)14-8;1-11-6-5(9)7(14-8(10)13-6)16-4-12-3-15-2;1-3-12-4-15-7-5(9)6(11-2)13-8(10)14-7/h3-7,12H2,1-2H3,(H3,13,14,15,16);14H,3-6,11H2,1-2H3,(H3,12,13,15,16);3-6,11H2,1-2H3,(H3,12,13,14,15);12H,3-5,10H2,1-2H3,(H3,11,13,14,15);3-5,10H2,1-2H3,(H3,11,12,13,14);12H,3-4,9H2,1-2H3,(H3,10,11,13,14);12H,3-4,9H2,1-2H3,(H3,10,11,13,14). The monoisotopic (exact) mass is 1600 g/mol. The number of nitrogen functional groups attached to an aromatic ring is 14. The minimum Gasteiger partial charge on any atom is -0.476 e. The van der Waals surface area contributed by atoms with Gasteiger partial charge in [0.15, 0.2) is 40.7 Å². The van der Waals surface area contributed by atoms with Gasteiger partial charge >= 0.3 is 0 Å². The summed E-state index contributed by atoms with van der Waals surface area (Å²) in [6.45, 7) is 16.3. The van der Waals surface area contributed by atoms with E-state index in [1.165, 1.54) is 0 Å². The van der Waals surface area contributed by atoms with Gasteiger partial charge in [-0.2, -0.15) is 69.8 Å². The molecular formula is C65H127N39O9. The highest BCUT2D eigenvalue weighted by Gasteiger charge is 2.17. The Balaban J connectivity index is 0.000000660. The van der Waals surface area contributed by atoms with Crippen molar-refractivity contribution in [3.8, 4) is 41.2 Å². The molecule has 0 amide bonds. The van der Waals surface area contributed by atoms with E-state index in [1.54, 1.807) is 63.6 Å². The van der Waals surface area contributed by atoms with Gasteiger partial charge in [0.05, 0.1) is 39.8 Å². The van der Waals surface area contributed by atoms with Gasteiger partial charge in [0.1, 0.15) is 53.3 Å². The number of aromatic nitrogens is 14.